The standard InChI is InChI=1S/C14H14N2O.C3H8.2C2H6/c1-11(17)13-4-2-3-5-14(13)16-10-12-6-8-15-9-7-12;1-3-2;2*1-2/h2-9,16H,10H2,1H3;3H2,1-2H3;2*1-2H3. The average molecular weight is 331 g/mol. The minimum Gasteiger partial charge on any atom is -0.380 e. The fourth-order valence-electron chi connectivity index (χ4n) is 1.64. The van der Waals surface area contributed by atoms with Crippen molar-refractivity contribution in [1.29, 1.82) is 0 Å². The zero-order valence-corrected chi connectivity index (χ0v) is 16.4. The maximum Gasteiger partial charge on any atom is 0.161 e. The molecule has 24 heavy (non-hydrogen) atoms. The van der Waals surface area contributed by atoms with Crippen LogP contribution >= 0.6 is 0 Å². The highest BCUT2D eigenvalue weighted by Gasteiger charge is 2.05. The van der Waals surface area contributed by atoms with E-state index in [0.29, 0.717) is 6.54 Å². The van der Waals surface area contributed by atoms with Gasteiger partial charge in [0.15, 0.2) is 5.78 Å². The normalized spacial score (nSPS) is 8.29. The fraction of sp³-hybridized carbons (Fsp3) is 0.429. The van der Waals surface area contributed by atoms with Crippen LogP contribution in [0.3, 0.4) is 0 Å². The number of aromatic nitrogens is 1. The molecule has 0 atom stereocenters. The van der Waals surface area contributed by atoms with E-state index >= 15 is 0 Å². The van der Waals surface area contributed by atoms with Crippen LogP contribution in [0, 0.1) is 0 Å². The summed E-state index contributed by atoms with van der Waals surface area (Å²) in [5.74, 6) is 0.0721. The van der Waals surface area contributed by atoms with E-state index in [-0.39, 0.29) is 5.78 Å². The van der Waals surface area contributed by atoms with Crippen LogP contribution in [0.2, 0.25) is 0 Å². The lowest BCUT2D eigenvalue weighted by molar-refractivity contribution is 0.101. The molecule has 134 valence electrons. The molecule has 1 aromatic heterocycles. The molecule has 0 aliphatic rings. The highest BCUT2D eigenvalue weighted by molar-refractivity contribution is 5.99. The Morgan fingerprint density at radius 3 is 1.96 bits per heavy atom. The van der Waals surface area contributed by atoms with Gasteiger partial charge in [0.2, 0.25) is 0 Å². The van der Waals surface area contributed by atoms with Crippen molar-refractivity contribution in [2.45, 2.75) is 61.4 Å². The number of ketones is 1. The Morgan fingerprint density at radius 1 is 0.958 bits per heavy atom. The summed E-state index contributed by atoms with van der Waals surface area (Å²) in [5.41, 5.74) is 2.73. The lowest BCUT2D eigenvalue weighted by atomic mass is 10.1. The first-order valence-corrected chi connectivity index (χ1v) is 8.91. The second kappa shape index (κ2) is 17.2. The summed E-state index contributed by atoms with van der Waals surface area (Å²) in [7, 11) is 0. The predicted molar refractivity (Wildman–Crippen MR) is 107 cm³/mol. The van der Waals surface area contributed by atoms with Crippen molar-refractivity contribution in [1.82, 2.24) is 4.98 Å². The second-order valence-corrected chi connectivity index (χ2v) is 4.52. The summed E-state index contributed by atoms with van der Waals surface area (Å²) in [6.07, 6.45) is 4.77. The molecular weight excluding hydrogens is 296 g/mol. The number of para-hydroxylation sites is 1. The van der Waals surface area contributed by atoms with Gasteiger partial charge in [0.25, 0.3) is 0 Å². The summed E-state index contributed by atoms with van der Waals surface area (Å²) >= 11 is 0. The van der Waals surface area contributed by atoms with Crippen molar-refractivity contribution >= 4 is 11.5 Å². The summed E-state index contributed by atoms with van der Waals surface area (Å²) in [4.78, 5) is 15.4. The number of Topliss-reactive ketones (excluding diaryl/α,β-unsaturated/α-hetero) is 1. The average Bonchev–Trinajstić information content (AvgIpc) is 2.65. The van der Waals surface area contributed by atoms with Crippen molar-refractivity contribution in [2.24, 2.45) is 0 Å². The molecule has 1 N–H and O–H groups in total. The number of pyridine rings is 1. The molecule has 3 nitrogen and oxygen atoms in total. The van der Waals surface area contributed by atoms with E-state index in [1.807, 2.05) is 64.1 Å². The van der Waals surface area contributed by atoms with Gasteiger partial charge in [0.1, 0.15) is 0 Å². The molecule has 2 rings (SSSR count). The minimum absolute atomic E-state index is 0.0721. The third-order valence-corrected chi connectivity index (χ3v) is 2.54. The van der Waals surface area contributed by atoms with Gasteiger partial charge < -0.3 is 5.32 Å². The second-order valence-electron chi connectivity index (χ2n) is 4.52. The van der Waals surface area contributed by atoms with E-state index in [0.717, 1.165) is 16.8 Å². The van der Waals surface area contributed by atoms with Gasteiger partial charge in [-0.2, -0.15) is 0 Å². The molecule has 0 bridgehead atoms. The van der Waals surface area contributed by atoms with E-state index in [9.17, 15) is 4.79 Å². The van der Waals surface area contributed by atoms with Crippen LogP contribution in [-0.2, 0) is 6.54 Å². The Hall–Kier alpha value is -2.16. The Bertz CT molecular complexity index is 524. The highest BCUT2D eigenvalue weighted by Crippen LogP contribution is 2.16. The van der Waals surface area contributed by atoms with Crippen LogP contribution in [0.15, 0.2) is 48.8 Å². The van der Waals surface area contributed by atoms with Crippen molar-refractivity contribution in [3.8, 4) is 0 Å². The molecule has 0 fully saturated rings. The quantitative estimate of drug-likeness (QED) is 0.663. The van der Waals surface area contributed by atoms with Crippen molar-refractivity contribution < 1.29 is 4.79 Å². The van der Waals surface area contributed by atoms with Gasteiger partial charge in [-0.15, -0.1) is 0 Å². The van der Waals surface area contributed by atoms with Crippen molar-refractivity contribution in [3.63, 3.8) is 0 Å². The van der Waals surface area contributed by atoms with Crippen molar-refractivity contribution in [2.75, 3.05) is 5.32 Å². The van der Waals surface area contributed by atoms with E-state index in [2.05, 4.69) is 24.1 Å². The fourth-order valence-corrected chi connectivity index (χ4v) is 1.64. The molecule has 0 saturated heterocycles. The Morgan fingerprint density at radius 2 is 1.46 bits per heavy atom. The Balaban J connectivity index is 0. The first-order chi connectivity index (χ1) is 11.7. The zero-order chi connectivity index (χ0) is 18.8. The maximum atomic E-state index is 11.4. The van der Waals surface area contributed by atoms with E-state index in [1.165, 1.54) is 6.42 Å². The number of carbonyl (C=O) groups is 1. The van der Waals surface area contributed by atoms with Gasteiger partial charge in [0, 0.05) is 30.2 Å². The van der Waals surface area contributed by atoms with Crippen LogP contribution in [0.5, 0.6) is 0 Å². The Kier molecular flexibility index (Phi) is 17.3. The lowest BCUT2D eigenvalue weighted by Crippen LogP contribution is -2.04. The number of hydrogen-bond donors (Lipinski definition) is 1. The molecule has 2 aromatic rings. The number of hydrogen-bond acceptors (Lipinski definition) is 3. The molecule has 0 aliphatic carbocycles. The number of carbonyl (C=O) groups excluding carboxylic acids is 1. The lowest BCUT2D eigenvalue weighted by Gasteiger charge is -2.09. The number of nitrogens with one attached hydrogen (secondary N) is 1. The number of rotatable bonds is 4. The maximum absolute atomic E-state index is 11.4. The third kappa shape index (κ3) is 10.5. The van der Waals surface area contributed by atoms with Gasteiger partial charge in [-0.05, 0) is 36.8 Å². The van der Waals surface area contributed by atoms with Crippen LogP contribution in [0.1, 0.15) is 70.8 Å². The van der Waals surface area contributed by atoms with Gasteiger partial charge in [-0.3, -0.25) is 9.78 Å². The van der Waals surface area contributed by atoms with Gasteiger partial charge in [-0.1, -0.05) is 60.1 Å². The van der Waals surface area contributed by atoms with Gasteiger partial charge in [0.05, 0.1) is 0 Å². The summed E-state index contributed by atoms with van der Waals surface area (Å²) in [6.45, 7) is 14.5. The van der Waals surface area contributed by atoms with Crippen LogP contribution < -0.4 is 5.32 Å². The molecule has 1 aromatic carbocycles. The molecule has 0 saturated carbocycles. The molecule has 0 aliphatic heterocycles. The number of anilines is 1. The molecule has 1 heterocycles. The summed E-state index contributed by atoms with van der Waals surface area (Å²) < 4.78 is 0. The van der Waals surface area contributed by atoms with Gasteiger partial charge in [-0.25, -0.2) is 0 Å². The highest BCUT2D eigenvalue weighted by atomic mass is 16.1. The first kappa shape index (κ1) is 24.1. The molecule has 0 spiro atoms. The first-order valence-electron chi connectivity index (χ1n) is 8.91. The van der Waals surface area contributed by atoms with Gasteiger partial charge >= 0.3 is 0 Å². The SMILES string of the molecule is CC.CC.CC(=O)c1ccccc1NCc1ccncc1.CCC. The third-order valence-electron chi connectivity index (χ3n) is 2.54. The predicted octanol–water partition coefficient (Wildman–Crippen LogP) is 6.37. The molecule has 0 amide bonds. The van der Waals surface area contributed by atoms with Crippen molar-refractivity contribution in [3.05, 3.63) is 59.9 Å². The zero-order valence-electron chi connectivity index (χ0n) is 16.4. The van der Waals surface area contributed by atoms with E-state index < -0.39 is 0 Å². The molecule has 0 unspecified atom stereocenters. The summed E-state index contributed by atoms with van der Waals surface area (Å²) in [5, 5.41) is 3.26. The topological polar surface area (TPSA) is 42.0 Å². The summed E-state index contributed by atoms with van der Waals surface area (Å²) in [6, 6.07) is 11.4. The van der Waals surface area contributed by atoms with Crippen LogP contribution in [0.4, 0.5) is 5.69 Å². The smallest absolute Gasteiger partial charge is 0.161 e. The molecular formula is C21H34N2O. The number of benzene rings is 1. The van der Waals surface area contributed by atoms with Crippen LogP contribution in [0.25, 0.3) is 0 Å². The van der Waals surface area contributed by atoms with E-state index in [1.54, 1.807) is 19.3 Å². The number of nitrogens with zero attached hydrogens (tertiary/aromatic N) is 1. The largest absolute Gasteiger partial charge is 0.380 e. The molecule has 0 radical (unpaired) electrons. The van der Waals surface area contributed by atoms with E-state index in [4.69, 9.17) is 0 Å². The minimum atomic E-state index is 0.0721. The molecule has 3 heteroatoms. The monoisotopic (exact) mass is 330 g/mol. The Labute approximate surface area is 148 Å². The van der Waals surface area contributed by atoms with Crippen LogP contribution in [-0.4, -0.2) is 10.8 Å².